The van der Waals surface area contributed by atoms with Crippen molar-refractivity contribution < 1.29 is 9.53 Å². The Kier molecular flexibility index (Phi) is 7.50. The molecule has 0 unspecified atom stereocenters. The van der Waals surface area contributed by atoms with E-state index >= 15 is 0 Å². The highest BCUT2D eigenvalue weighted by Crippen LogP contribution is 2.28. The number of rotatable bonds is 8. The van der Waals surface area contributed by atoms with E-state index in [1.165, 1.54) is 0 Å². The van der Waals surface area contributed by atoms with Crippen molar-refractivity contribution in [1.29, 1.82) is 0 Å². The number of amides is 1. The summed E-state index contributed by atoms with van der Waals surface area (Å²) in [4.78, 5) is 26.5. The van der Waals surface area contributed by atoms with Gasteiger partial charge in [-0.15, -0.1) is 0 Å². The number of aryl methyl sites for hydroxylation is 1. The molecule has 2 atom stereocenters. The summed E-state index contributed by atoms with van der Waals surface area (Å²) in [5, 5.41) is 7.34. The lowest BCUT2D eigenvalue weighted by molar-refractivity contribution is 0.0839. The molecule has 174 valence electrons. The molecule has 1 aliphatic rings. The van der Waals surface area contributed by atoms with Crippen molar-refractivity contribution in [3.8, 4) is 0 Å². The minimum atomic E-state index is -0.316. The maximum Gasteiger partial charge on any atom is 0.289 e. The van der Waals surface area contributed by atoms with Gasteiger partial charge < -0.3 is 26.8 Å². The number of fused-ring (bicyclic) bond motifs is 1. The maximum absolute atomic E-state index is 12.9. The Balaban J connectivity index is 1.91. The van der Waals surface area contributed by atoms with Crippen LogP contribution in [0.25, 0.3) is 10.9 Å². The van der Waals surface area contributed by atoms with Gasteiger partial charge in [-0.05, 0) is 31.9 Å². The highest BCUT2D eigenvalue weighted by molar-refractivity contribution is 5.96. The molecule has 0 spiro atoms. The van der Waals surface area contributed by atoms with Crippen LogP contribution in [0.1, 0.15) is 55.7 Å². The van der Waals surface area contributed by atoms with Crippen LogP contribution in [-0.4, -0.2) is 54.2 Å². The second-order valence-electron chi connectivity index (χ2n) is 9.35. The highest BCUT2D eigenvalue weighted by atomic mass is 16.5. The number of nitrogens with one attached hydrogen (secondary N) is 2. The molecule has 1 saturated carbocycles. The lowest BCUT2D eigenvalue weighted by Crippen LogP contribution is -2.39. The molecular formula is C23H35N7O2. The summed E-state index contributed by atoms with van der Waals surface area (Å²) in [6, 6.07) is 5.92. The number of carbonyl (C=O) groups excluding carboxylic acids is 1. The van der Waals surface area contributed by atoms with Gasteiger partial charge in [-0.2, -0.15) is 0 Å². The van der Waals surface area contributed by atoms with E-state index in [1.54, 1.807) is 7.11 Å². The number of hydrogen-bond donors (Lipinski definition) is 4. The topological polar surface area (TPSA) is 141 Å². The Labute approximate surface area is 189 Å². The van der Waals surface area contributed by atoms with Crippen molar-refractivity contribution >= 4 is 28.6 Å². The summed E-state index contributed by atoms with van der Waals surface area (Å²) < 4.78 is 5.23. The van der Waals surface area contributed by atoms with Crippen LogP contribution in [0.15, 0.2) is 23.2 Å². The van der Waals surface area contributed by atoms with E-state index in [2.05, 4.69) is 25.6 Å². The molecule has 0 saturated heterocycles. The molecule has 0 radical (unpaired) electrons. The van der Waals surface area contributed by atoms with Gasteiger partial charge in [-0.1, -0.05) is 38.3 Å². The number of carbonyl (C=O) groups is 1. The van der Waals surface area contributed by atoms with Gasteiger partial charge in [0, 0.05) is 24.5 Å². The number of guanidine groups is 1. The Morgan fingerprint density at radius 3 is 2.72 bits per heavy atom. The summed E-state index contributed by atoms with van der Waals surface area (Å²) in [7, 11) is 1.65. The molecule has 2 aromatic rings. The first-order chi connectivity index (χ1) is 15.2. The first-order valence-corrected chi connectivity index (χ1v) is 11.1. The molecule has 1 amide bonds. The molecule has 9 heteroatoms. The third-order valence-electron chi connectivity index (χ3n) is 5.68. The van der Waals surface area contributed by atoms with Gasteiger partial charge in [-0.3, -0.25) is 4.79 Å². The van der Waals surface area contributed by atoms with Crippen LogP contribution in [0.2, 0.25) is 0 Å². The van der Waals surface area contributed by atoms with Crippen molar-refractivity contribution in [2.45, 2.75) is 58.5 Å². The van der Waals surface area contributed by atoms with E-state index in [1.807, 2.05) is 39.0 Å². The zero-order chi connectivity index (χ0) is 23.3. The number of aliphatic imine (C=N–C) groups is 1. The van der Waals surface area contributed by atoms with Crippen LogP contribution in [0, 0.1) is 12.3 Å². The predicted molar refractivity (Wildman–Crippen MR) is 128 cm³/mol. The quantitative estimate of drug-likeness (QED) is 0.364. The molecule has 9 nitrogen and oxygen atoms in total. The van der Waals surface area contributed by atoms with E-state index in [0.717, 1.165) is 36.6 Å². The largest absolute Gasteiger partial charge is 0.384 e. The third kappa shape index (κ3) is 6.06. The van der Waals surface area contributed by atoms with Gasteiger partial charge >= 0.3 is 0 Å². The molecule has 1 aliphatic carbocycles. The van der Waals surface area contributed by atoms with Gasteiger partial charge in [0.1, 0.15) is 5.82 Å². The van der Waals surface area contributed by atoms with Gasteiger partial charge in [0.2, 0.25) is 5.82 Å². The molecule has 6 N–H and O–H groups in total. The molecule has 1 aromatic carbocycles. The summed E-state index contributed by atoms with van der Waals surface area (Å²) >= 11 is 0. The molecule has 32 heavy (non-hydrogen) atoms. The van der Waals surface area contributed by atoms with E-state index in [4.69, 9.17) is 16.2 Å². The monoisotopic (exact) mass is 441 g/mol. The second-order valence-corrected chi connectivity index (χ2v) is 9.35. The lowest BCUT2D eigenvalue weighted by atomic mass is 9.90. The zero-order valence-corrected chi connectivity index (χ0v) is 19.4. The van der Waals surface area contributed by atoms with Gasteiger partial charge in [0.15, 0.2) is 5.96 Å². The van der Waals surface area contributed by atoms with Crippen molar-refractivity contribution in [1.82, 2.24) is 15.3 Å². The summed E-state index contributed by atoms with van der Waals surface area (Å²) in [6.07, 6.45) is 3.98. The minimum Gasteiger partial charge on any atom is -0.384 e. The number of hydrogen-bond acceptors (Lipinski definition) is 6. The number of anilines is 1. The van der Waals surface area contributed by atoms with Crippen molar-refractivity contribution in [2.75, 3.05) is 25.6 Å². The Bertz CT molecular complexity index is 986. The highest BCUT2D eigenvalue weighted by Gasteiger charge is 2.27. The third-order valence-corrected chi connectivity index (χ3v) is 5.68. The Hall–Kier alpha value is -2.94. The van der Waals surface area contributed by atoms with Crippen LogP contribution in [0.3, 0.4) is 0 Å². The lowest BCUT2D eigenvalue weighted by Gasteiger charge is -2.30. The fourth-order valence-corrected chi connectivity index (χ4v) is 4.10. The van der Waals surface area contributed by atoms with E-state index in [9.17, 15) is 4.79 Å². The van der Waals surface area contributed by atoms with Crippen LogP contribution in [0.5, 0.6) is 0 Å². The summed E-state index contributed by atoms with van der Waals surface area (Å²) in [5.74, 6) is 0.531. The van der Waals surface area contributed by atoms with E-state index in [0.29, 0.717) is 24.5 Å². The molecule has 0 aliphatic heterocycles. The Morgan fingerprint density at radius 2 is 2.00 bits per heavy atom. The molecule has 1 aromatic heterocycles. The number of methoxy groups -OCH3 is 1. The standard InChI is InChI=1S/C23H35N7O2/c1-14-9-10-16-15(11-14)19(28-17-7-5-6-8-18(17)29-22(24)25)30-20(27-16)21(31)26-12-23(2,3)13-32-4/h9-11,17-18H,5-8,12-13H2,1-4H3,(H,26,31)(H4,24,25,29)(H,27,28,30)/t17-,18+/m0/s1. The van der Waals surface area contributed by atoms with Gasteiger partial charge in [0.05, 0.1) is 24.2 Å². The van der Waals surface area contributed by atoms with Crippen LogP contribution < -0.4 is 22.1 Å². The Morgan fingerprint density at radius 1 is 1.25 bits per heavy atom. The van der Waals surface area contributed by atoms with Crippen LogP contribution >= 0.6 is 0 Å². The normalized spacial score (nSPS) is 18.9. The summed E-state index contributed by atoms with van der Waals surface area (Å²) in [5.41, 5.74) is 12.9. The number of benzene rings is 1. The van der Waals surface area contributed by atoms with Crippen molar-refractivity contribution in [3.63, 3.8) is 0 Å². The maximum atomic E-state index is 12.9. The predicted octanol–water partition coefficient (Wildman–Crippen LogP) is 2.34. The molecule has 0 bridgehead atoms. The molecule has 1 fully saturated rings. The van der Waals surface area contributed by atoms with Gasteiger partial charge in [0.25, 0.3) is 5.91 Å². The minimum absolute atomic E-state index is 0.0287. The number of ether oxygens (including phenoxy) is 1. The first kappa shape index (κ1) is 23.7. The first-order valence-electron chi connectivity index (χ1n) is 11.1. The number of aromatic nitrogens is 2. The second kappa shape index (κ2) is 10.1. The number of nitrogens with zero attached hydrogens (tertiary/aromatic N) is 3. The molecule has 1 heterocycles. The van der Waals surface area contributed by atoms with Crippen molar-refractivity contribution in [3.05, 3.63) is 29.6 Å². The average Bonchev–Trinajstić information content (AvgIpc) is 2.73. The van der Waals surface area contributed by atoms with Crippen LogP contribution in [0.4, 0.5) is 5.82 Å². The average molecular weight is 442 g/mol. The zero-order valence-electron chi connectivity index (χ0n) is 19.4. The summed E-state index contributed by atoms with van der Waals surface area (Å²) in [6.45, 7) is 7.06. The van der Waals surface area contributed by atoms with Gasteiger partial charge in [-0.25, -0.2) is 15.0 Å². The molecular weight excluding hydrogens is 406 g/mol. The van der Waals surface area contributed by atoms with E-state index < -0.39 is 0 Å². The van der Waals surface area contributed by atoms with Crippen LogP contribution in [-0.2, 0) is 4.74 Å². The fourth-order valence-electron chi connectivity index (χ4n) is 4.10. The van der Waals surface area contributed by atoms with E-state index in [-0.39, 0.29) is 35.2 Å². The number of nitrogens with two attached hydrogens (primary N) is 2. The van der Waals surface area contributed by atoms with Crippen molar-refractivity contribution in [2.24, 2.45) is 21.9 Å². The smallest absolute Gasteiger partial charge is 0.289 e. The SMILES string of the molecule is COCC(C)(C)CNC(=O)c1nc(N[C@H]2CCCC[C@H]2N=C(N)N)c2cc(C)ccc2n1. The fraction of sp³-hybridized carbons (Fsp3) is 0.565. The molecule has 3 rings (SSSR count).